The largest absolute Gasteiger partial charge is 0.358 e. The predicted molar refractivity (Wildman–Crippen MR) is 115 cm³/mol. The van der Waals surface area contributed by atoms with Gasteiger partial charge in [0.05, 0.1) is 17.9 Å². The number of amides is 1. The van der Waals surface area contributed by atoms with Gasteiger partial charge in [-0.05, 0) is 36.8 Å². The number of hydrogen-bond donors (Lipinski definition) is 0. The molecule has 0 N–H and O–H groups in total. The molecule has 30 heavy (non-hydrogen) atoms. The molecule has 2 heterocycles. The van der Waals surface area contributed by atoms with Crippen molar-refractivity contribution in [2.75, 3.05) is 26.2 Å². The van der Waals surface area contributed by atoms with E-state index in [2.05, 4.69) is 0 Å². The summed E-state index contributed by atoms with van der Waals surface area (Å²) < 4.78 is 33.9. The SMILES string of the molecule is Cc1cccc(CC(=O)N2CCC3(CC2)OCCN3S(=O)(=O)c2ccc(Cl)cc2)c1. The van der Waals surface area contributed by atoms with Crippen LogP contribution in [0.3, 0.4) is 0 Å². The number of piperidine rings is 1. The Kier molecular flexibility index (Phi) is 5.90. The molecule has 2 saturated heterocycles. The number of aryl methyl sites for hydroxylation is 1. The predicted octanol–water partition coefficient (Wildman–Crippen LogP) is 3.23. The van der Waals surface area contributed by atoms with E-state index in [4.69, 9.17) is 16.3 Å². The molecule has 2 aliphatic heterocycles. The number of halogens is 1. The molecule has 4 rings (SSSR count). The van der Waals surface area contributed by atoms with Crippen LogP contribution in [0.5, 0.6) is 0 Å². The number of benzene rings is 2. The van der Waals surface area contributed by atoms with E-state index in [9.17, 15) is 13.2 Å². The van der Waals surface area contributed by atoms with Gasteiger partial charge < -0.3 is 9.64 Å². The Morgan fingerprint density at radius 2 is 1.80 bits per heavy atom. The fourth-order valence-corrected chi connectivity index (χ4v) is 6.12. The highest BCUT2D eigenvalue weighted by Gasteiger charge is 2.50. The molecule has 8 heteroatoms. The highest BCUT2D eigenvalue weighted by molar-refractivity contribution is 7.89. The molecule has 0 aromatic heterocycles. The second-order valence-corrected chi connectivity index (χ2v) is 10.2. The maximum atomic E-state index is 13.2. The van der Waals surface area contributed by atoms with Crippen LogP contribution in [0.25, 0.3) is 0 Å². The Labute approximate surface area is 182 Å². The Morgan fingerprint density at radius 3 is 2.47 bits per heavy atom. The van der Waals surface area contributed by atoms with E-state index in [1.807, 2.05) is 36.1 Å². The number of nitrogens with zero attached hydrogens (tertiary/aromatic N) is 2. The van der Waals surface area contributed by atoms with Crippen molar-refractivity contribution < 1.29 is 17.9 Å². The molecular weight excluding hydrogens is 424 g/mol. The molecule has 0 unspecified atom stereocenters. The van der Waals surface area contributed by atoms with Crippen molar-refractivity contribution in [3.8, 4) is 0 Å². The second-order valence-electron chi connectivity index (χ2n) is 7.87. The minimum Gasteiger partial charge on any atom is -0.358 e. The minimum absolute atomic E-state index is 0.0561. The number of ether oxygens (including phenoxy) is 1. The van der Waals surface area contributed by atoms with E-state index in [-0.39, 0.29) is 10.8 Å². The Hall–Kier alpha value is -1.93. The molecule has 6 nitrogen and oxygen atoms in total. The van der Waals surface area contributed by atoms with Crippen molar-refractivity contribution >= 4 is 27.5 Å². The van der Waals surface area contributed by atoms with Gasteiger partial charge in [0.2, 0.25) is 15.9 Å². The van der Waals surface area contributed by atoms with Crippen molar-refractivity contribution in [2.45, 2.75) is 36.8 Å². The second kappa shape index (κ2) is 8.30. The van der Waals surface area contributed by atoms with Crippen LogP contribution >= 0.6 is 11.6 Å². The number of hydrogen-bond acceptors (Lipinski definition) is 4. The smallest absolute Gasteiger partial charge is 0.245 e. The molecule has 0 saturated carbocycles. The van der Waals surface area contributed by atoms with E-state index in [1.54, 1.807) is 12.1 Å². The quantitative estimate of drug-likeness (QED) is 0.720. The molecule has 2 aliphatic rings. The molecule has 0 bridgehead atoms. The van der Waals surface area contributed by atoms with Crippen LogP contribution in [0.1, 0.15) is 24.0 Å². The van der Waals surface area contributed by atoms with Crippen molar-refractivity contribution in [1.29, 1.82) is 0 Å². The average molecular weight is 449 g/mol. The third kappa shape index (κ3) is 4.12. The first-order valence-electron chi connectivity index (χ1n) is 10.1. The lowest BCUT2D eigenvalue weighted by Gasteiger charge is -2.42. The lowest BCUT2D eigenvalue weighted by Crippen LogP contribution is -2.55. The van der Waals surface area contributed by atoms with Gasteiger partial charge in [-0.3, -0.25) is 4.79 Å². The summed E-state index contributed by atoms with van der Waals surface area (Å²) in [6.07, 6.45) is 1.26. The van der Waals surface area contributed by atoms with Crippen molar-refractivity contribution in [2.24, 2.45) is 0 Å². The van der Waals surface area contributed by atoms with Crippen LogP contribution < -0.4 is 0 Å². The molecule has 1 spiro atoms. The zero-order chi connectivity index (χ0) is 21.4. The molecular formula is C22H25ClN2O4S. The number of rotatable bonds is 4. The maximum Gasteiger partial charge on any atom is 0.245 e. The van der Waals surface area contributed by atoms with Gasteiger partial charge in [-0.1, -0.05) is 41.4 Å². The van der Waals surface area contributed by atoms with Gasteiger partial charge in [0.1, 0.15) is 5.72 Å². The molecule has 0 aliphatic carbocycles. The number of likely N-dealkylation sites (tertiary alicyclic amines) is 1. The maximum absolute atomic E-state index is 13.2. The summed E-state index contributed by atoms with van der Waals surface area (Å²) in [5.74, 6) is 0.0561. The van der Waals surface area contributed by atoms with Gasteiger partial charge in [0.25, 0.3) is 0 Å². The summed E-state index contributed by atoms with van der Waals surface area (Å²) in [4.78, 5) is 14.8. The van der Waals surface area contributed by atoms with Crippen molar-refractivity contribution in [3.05, 3.63) is 64.7 Å². The van der Waals surface area contributed by atoms with E-state index < -0.39 is 15.7 Å². The molecule has 0 radical (unpaired) electrons. The number of carbonyl (C=O) groups is 1. The van der Waals surface area contributed by atoms with E-state index in [0.717, 1.165) is 11.1 Å². The van der Waals surface area contributed by atoms with Gasteiger partial charge in [-0.15, -0.1) is 0 Å². The number of sulfonamides is 1. The molecule has 2 fully saturated rings. The van der Waals surface area contributed by atoms with Gasteiger partial charge >= 0.3 is 0 Å². The fraction of sp³-hybridized carbons (Fsp3) is 0.409. The summed E-state index contributed by atoms with van der Waals surface area (Å²) >= 11 is 5.91. The van der Waals surface area contributed by atoms with Gasteiger partial charge in [0, 0.05) is 37.5 Å². The van der Waals surface area contributed by atoms with E-state index in [1.165, 1.54) is 16.4 Å². The monoisotopic (exact) mass is 448 g/mol. The Balaban J connectivity index is 1.46. The number of carbonyl (C=O) groups excluding carboxylic acids is 1. The fourth-order valence-electron chi connectivity index (χ4n) is 4.28. The van der Waals surface area contributed by atoms with Gasteiger partial charge in [0.15, 0.2) is 0 Å². The van der Waals surface area contributed by atoms with E-state index >= 15 is 0 Å². The Bertz CT molecular complexity index is 1030. The standard InChI is InChI=1S/C22H25ClN2O4S/c1-17-3-2-4-18(15-17)16-21(26)24-11-9-22(10-12-24)25(13-14-29-22)30(27,28)20-7-5-19(23)6-8-20/h2-8,15H,9-14,16H2,1H3. The first-order chi connectivity index (χ1) is 14.3. The average Bonchev–Trinajstić information content (AvgIpc) is 3.12. The summed E-state index contributed by atoms with van der Waals surface area (Å²) in [5, 5.41) is 0.488. The lowest BCUT2D eigenvalue weighted by molar-refractivity contribution is -0.139. The van der Waals surface area contributed by atoms with Gasteiger partial charge in [-0.2, -0.15) is 4.31 Å². The van der Waals surface area contributed by atoms with Crippen LogP contribution in [-0.2, 0) is 26.0 Å². The highest BCUT2D eigenvalue weighted by atomic mass is 35.5. The molecule has 0 atom stereocenters. The Morgan fingerprint density at radius 1 is 1.10 bits per heavy atom. The first-order valence-corrected chi connectivity index (χ1v) is 11.9. The van der Waals surface area contributed by atoms with Crippen LogP contribution in [0.4, 0.5) is 0 Å². The molecule has 160 valence electrons. The third-order valence-electron chi connectivity index (χ3n) is 5.86. The van der Waals surface area contributed by atoms with Crippen LogP contribution in [0.15, 0.2) is 53.4 Å². The molecule has 1 amide bonds. The topological polar surface area (TPSA) is 66.9 Å². The van der Waals surface area contributed by atoms with Crippen molar-refractivity contribution in [1.82, 2.24) is 9.21 Å². The highest BCUT2D eigenvalue weighted by Crippen LogP contribution is 2.38. The molecule has 2 aromatic carbocycles. The van der Waals surface area contributed by atoms with Crippen LogP contribution in [-0.4, -0.2) is 55.5 Å². The zero-order valence-electron chi connectivity index (χ0n) is 16.9. The first kappa shape index (κ1) is 21.3. The lowest BCUT2D eigenvalue weighted by atomic mass is 9.99. The summed E-state index contributed by atoms with van der Waals surface area (Å²) in [5.41, 5.74) is 1.23. The van der Waals surface area contributed by atoms with Gasteiger partial charge in [-0.25, -0.2) is 8.42 Å². The molecule has 2 aromatic rings. The summed E-state index contributed by atoms with van der Waals surface area (Å²) in [6, 6.07) is 14.1. The third-order valence-corrected chi connectivity index (χ3v) is 8.07. The minimum atomic E-state index is -3.71. The van der Waals surface area contributed by atoms with Crippen LogP contribution in [0.2, 0.25) is 5.02 Å². The summed E-state index contributed by atoms with van der Waals surface area (Å²) in [7, 11) is -3.71. The van der Waals surface area contributed by atoms with Crippen LogP contribution in [0, 0.1) is 6.92 Å². The normalized spacial score (nSPS) is 19.3. The van der Waals surface area contributed by atoms with E-state index in [0.29, 0.717) is 50.5 Å². The zero-order valence-corrected chi connectivity index (χ0v) is 18.5. The summed E-state index contributed by atoms with van der Waals surface area (Å²) in [6.45, 7) is 3.60. The van der Waals surface area contributed by atoms with Crippen molar-refractivity contribution in [3.63, 3.8) is 0 Å².